The molecule has 1 fully saturated rings. The van der Waals surface area contributed by atoms with Gasteiger partial charge in [0.15, 0.2) is 5.17 Å². The fourth-order valence-electron chi connectivity index (χ4n) is 4.01. The van der Waals surface area contributed by atoms with Gasteiger partial charge in [0.25, 0.3) is 5.91 Å². The summed E-state index contributed by atoms with van der Waals surface area (Å²) in [6, 6.07) is 21.6. The molecule has 0 aromatic heterocycles. The van der Waals surface area contributed by atoms with E-state index in [9.17, 15) is 4.79 Å². The van der Waals surface area contributed by atoms with Crippen molar-refractivity contribution in [2.45, 2.75) is 20.5 Å². The molecule has 4 aromatic rings. The highest BCUT2D eigenvalue weighted by molar-refractivity contribution is 8.19. The monoisotopic (exact) mass is 660 g/mol. The van der Waals surface area contributed by atoms with Crippen molar-refractivity contribution in [2.75, 3.05) is 4.90 Å². The van der Waals surface area contributed by atoms with Gasteiger partial charge in [0, 0.05) is 31.2 Å². The molecule has 0 saturated carbocycles. The quantitative estimate of drug-likeness (QED) is 0.193. The van der Waals surface area contributed by atoms with Crippen LogP contribution >= 0.6 is 69.8 Å². The molecule has 0 bridgehead atoms. The van der Waals surface area contributed by atoms with E-state index in [1.165, 1.54) is 16.7 Å². The maximum Gasteiger partial charge on any atom is 0.271 e. The molecule has 1 aliphatic rings. The van der Waals surface area contributed by atoms with Gasteiger partial charge in [-0.3, -0.25) is 9.69 Å². The van der Waals surface area contributed by atoms with Gasteiger partial charge in [-0.2, -0.15) is 0 Å². The minimum Gasteiger partial charge on any atom is -0.487 e. The molecule has 41 heavy (non-hydrogen) atoms. The first-order valence-electron chi connectivity index (χ1n) is 12.3. The first-order valence-corrected chi connectivity index (χ1v) is 15.0. The molecule has 10 heteroatoms. The van der Waals surface area contributed by atoms with Crippen molar-refractivity contribution in [1.29, 1.82) is 0 Å². The first kappa shape index (κ1) is 29.8. The summed E-state index contributed by atoms with van der Waals surface area (Å²) in [7, 11) is 0. The third-order valence-corrected chi connectivity index (χ3v) is 8.90. The molecule has 1 saturated heterocycles. The summed E-state index contributed by atoms with van der Waals surface area (Å²) in [6.07, 6.45) is 1.69. The standard InChI is InChI=1S/C31H21Cl5N2O2S/c1-17-7-9-22(14-25(17)34)37-31-38(23-10-8-18(2)26(35)15-23)30(39)28(41-31)12-20-11-21(32)13-27(36)29(20)40-16-19-5-3-4-6-24(19)33/h3-15H,16H2,1-2H3/b28-12+,37-31?. The summed E-state index contributed by atoms with van der Waals surface area (Å²) < 4.78 is 6.11. The minimum absolute atomic E-state index is 0.174. The van der Waals surface area contributed by atoms with E-state index in [1.807, 2.05) is 56.3 Å². The van der Waals surface area contributed by atoms with Gasteiger partial charge < -0.3 is 4.74 Å². The fraction of sp³-hybridized carbons (Fsp3) is 0.0968. The van der Waals surface area contributed by atoms with Gasteiger partial charge in [-0.25, -0.2) is 4.99 Å². The van der Waals surface area contributed by atoms with Crippen molar-refractivity contribution in [3.8, 4) is 5.75 Å². The zero-order valence-electron chi connectivity index (χ0n) is 21.7. The van der Waals surface area contributed by atoms with Crippen LogP contribution in [0.25, 0.3) is 6.08 Å². The Morgan fingerprint density at radius 2 is 1.54 bits per heavy atom. The van der Waals surface area contributed by atoms with Crippen molar-refractivity contribution >= 4 is 98.3 Å². The van der Waals surface area contributed by atoms with Gasteiger partial charge in [-0.1, -0.05) is 88.3 Å². The molecule has 0 spiro atoms. The van der Waals surface area contributed by atoms with Crippen LogP contribution in [0.5, 0.6) is 5.75 Å². The van der Waals surface area contributed by atoms with Crippen molar-refractivity contribution in [3.63, 3.8) is 0 Å². The number of amidine groups is 1. The maximum absolute atomic E-state index is 13.9. The average Bonchev–Trinajstić information content (AvgIpc) is 3.22. The normalized spacial score (nSPS) is 15.3. The Bertz CT molecular complexity index is 1740. The molecule has 4 nitrogen and oxygen atoms in total. The highest BCUT2D eigenvalue weighted by Gasteiger charge is 2.35. The molecule has 0 atom stereocenters. The summed E-state index contributed by atoms with van der Waals surface area (Å²) in [5, 5.41) is 2.82. The van der Waals surface area contributed by atoms with Crippen LogP contribution in [0.3, 0.4) is 0 Å². The second-order valence-electron chi connectivity index (χ2n) is 9.20. The average molecular weight is 663 g/mol. The second-order valence-corrected chi connectivity index (χ2v) is 12.3. The predicted octanol–water partition coefficient (Wildman–Crippen LogP) is 11.0. The van der Waals surface area contributed by atoms with Crippen LogP contribution in [0.2, 0.25) is 25.1 Å². The van der Waals surface area contributed by atoms with E-state index in [1.54, 1.807) is 36.4 Å². The lowest BCUT2D eigenvalue weighted by Crippen LogP contribution is -2.28. The third-order valence-electron chi connectivity index (χ3n) is 6.25. The number of thioether (sulfide) groups is 1. The van der Waals surface area contributed by atoms with E-state index in [0.717, 1.165) is 16.7 Å². The molecule has 1 amide bonds. The highest BCUT2D eigenvalue weighted by atomic mass is 35.5. The lowest BCUT2D eigenvalue weighted by atomic mass is 10.1. The zero-order valence-corrected chi connectivity index (χ0v) is 26.3. The van der Waals surface area contributed by atoms with E-state index < -0.39 is 0 Å². The number of hydrogen-bond acceptors (Lipinski definition) is 4. The Morgan fingerprint density at radius 1 is 0.829 bits per heavy atom. The summed E-state index contributed by atoms with van der Waals surface area (Å²) in [5.41, 5.74) is 4.33. The number of carbonyl (C=O) groups is 1. The van der Waals surface area contributed by atoms with Crippen molar-refractivity contribution in [3.05, 3.63) is 125 Å². The van der Waals surface area contributed by atoms with Crippen LogP contribution < -0.4 is 9.64 Å². The molecular weight excluding hydrogens is 642 g/mol. The van der Waals surface area contributed by atoms with Crippen LogP contribution in [0.1, 0.15) is 22.3 Å². The van der Waals surface area contributed by atoms with Gasteiger partial charge in [-0.05, 0) is 85.3 Å². The third kappa shape index (κ3) is 6.72. The number of ether oxygens (including phenoxy) is 1. The zero-order chi connectivity index (χ0) is 29.3. The molecule has 5 rings (SSSR count). The van der Waals surface area contributed by atoms with Crippen LogP contribution in [0, 0.1) is 13.8 Å². The number of aryl methyl sites for hydroxylation is 2. The summed E-state index contributed by atoms with van der Waals surface area (Å²) in [5.74, 6) is 0.0811. The summed E-state index contributed by atoms with van der Waals surface area (Å²) >= 11 is 33.2. The number of rotatable bonds is 6. The fourth-order valence-corrected chi connectivity index (χ4v) is 6.10. The number of aliphatic imine (C=N–C) groups is 1. The Kier molecular flexibility index (Phi) is 9.24. The second kappa shape index (κ2) is 12.7. The van der Waals surface area contributed by atoms with Crippen LogP contribution in [0.15, 0.2) is 82.7 Å². The highest BCUT2D eigenvalue weighted by Crippen LogP contribution is 2.41. The summed E-state index contributed by atoms with van der Waals surface area (Å²) in [6.45, 7) is 3.98. The largest absolute Gasteiger partial charge is 0.487 e. The lowest BCUT2D eigenvalue weighted by molar-refractivity contribution is -0.113. The van der Waals surface area contributed by atoms with E-state index in [-0.39, 0.29) is 12.5 Å². The summed E-state index contributed by atoms with van der Waals surface area (Å²) in [4.78, 5) is 20.6. The molecule has 1 heterocycles. The number of amides is 1. The first-order chi connectivity index (χ1) is 19.6. The maximum atomic E-state index is 13.9. The van der Waals surface area contributed by atoms with E-state index >= 15 is 0 Å². The smallest absolute Gasteiger partial charge is 0.271 e. The molecule has 0 aliphatic carbocycles. The Hall–Kier alpha value is -2.64. The van der Waals surface area contributed by atoms with Crippen molar-refractivity contribution in [2.24, 2.45) is 4.99 Å². The van der Waals surface area contributed by atoms with Crippen molar-refractivity contribution in [1.82, 2.24) is 0 Å². The molecule has 0 radical (unpaired) electrons. The molecule has 208 valence electrons. The van der Waals surface area contributed by atoms with E-state index in [0.29, 0.717) is 57.9 Å². The topological polar surface area (TPSA) is 41.9 Å². The molecule has 1 aliphatic heterocycles. The van der Waals surface area contributed by atoms with Gasteiger partial charge in [-0.15, -0.1) is 0 Å². The minimum atomic E-state index is -0.292. The van der Waals surface area contributed by atoms with Crippen LogP contribution in [0.4, 0.5) is 11.4 Å². The van der Waals surface area contributed by atoms with Crippen molar-refractivity contribution < 1.29 is 9.53 Å². The molecule has 0 unspecified atom stereocenters. The predicted molar refractivity (Wildman–Crippen MR) is 175 cm³/mol. The van der Waals surface area contributed by atoms with E-state index in [2.05, 4.69) is 0 Å². The molecular formula is C31H21Cl5N2O2S. The van der Waals surface area contributed by atoms with Gasteiger partial charge in [0.1, 0.15) is 12.4 Å². The van der Waals surface area contributed by atoms with Crippen LogP contribution in [-0.4, -0.2) is 11.1 Å². The van der Waals surface area contributed by atoms with Gasteiger partial charge in [0.2, 0.25) is 0 Å². The number of hydrogen-bond donors (Lipinski definition) is 0. The number of anilines is 1. The molecule has 0 N–H and O–H groups in total. The SMILES string of the molecule is Cc1ccc(N=C2S/C(=C/c3cc(Cl)cc(Cl)c3OCc3ccccc3Cl)C(=O)N2c2ccc(C)c(Cl)c2)cc1Cl. The number of nitrogens with zero attached hydrogens (tertiary/aromatic N) is 2. The van der Waals surface area contributed by atoms with Crippen LogP contribution in [-0.2, 0) is 11.4 Å². The lowest BCUT2D eigenvalue weighted by Gasteiger charge is -2.17. The van der Waals surface area contributed by atoms with E-state index in [4.69, 9.17) is 67.7 Å². The Morgan fingerprint density at radius 3 is 2.24 bits per heavy atom. The number of carbonyl (C=O) groups excluding carboxylic acids is 1. The molecule has 4 aromatic carbocycles. The Balaban J connectivity index is 1.57. The number of benzene rings is 4. The number of halogens is 5. The van der Waals surface area contributed by atoms with Gasteiger partial charge in [0.05, 0.1) is 21.3 Å². The Labute approximate surface area is 267 Å². The van der Waals surface area contributed by atoms with Gasteiger partial charge >= 0.3 is 0 Å².